The maximum atomic E-state index is 14.2. The lowest BCUT2D eigenvalue weighted by molar-refractivity contribution is 0.301. The number of benzene rings is 2. The molecule has 0 unspecified atom stereocenters. The Morgan fingerprint density at radius 1 is 0.792 bits per heavy atom. The SMILES string of the molecule is Fc1cc(OCCCCCCCCCl)cc(F)c1-c1ccccc1. The molecule has 130 valence electrons. The highest BCUT2D eigenvalue weighted by atomic mass is 35.5. The highest BCUT2D eigenvalue weighted by Gasteiger charge is 2.13. The summed E-state index contributed by atoms with van der Waals surface area (Å²) in [6.07, 6.45) is 6.45. The predicted molar refractivity (Wildman–Crippen MR) is 95.7 cm³/mol. The van der Waals surface area contributed by atoms with Gasteiger partial charge in [0.1, 0.15) is 17.4 Å². The van der Waals surface area contributed by atoms with Crippen molar-refractivity contribution in [2.24, 2.45) is 0 Å². The first-order valence-corrected chi connectivity index (χ1v) is 8.99. The van der Waals surface area contributed by atoms with E-state index >= 15 is 0 Å². The number of halogens is 3. The summed E-state index contributed by atoms with van der Waals surface area (Å²) < 4.78 is 33.9. The van der Waals surface area contributed by atoms with Crippen LogP contribution in [0.15, 0.2) is 42.5 Å². The summed E-state index contributed by atoms with van der Waals surface area (Å²) >= 11 is 5.63. The van der Waals surface area contributed by atoms with Crippen molar-refractivity contribution < 1.29 is 13.5 Å². The molecular weight excluding hydrogens is 330 g/mol. The number of alkyl halides is 1. The third-order valence-electron chi connectivity index (χ3n) is 3.87. The molecule has 0 aliphatic rings. The van der Waals surface area contributed by atoms with E-state index in [4.69, 9.17) is 16.3 Å². The van der Waals surface area contributed by atoms with Crippen LogP contribution in [-0.4, -0.2) is 12.5 Å². The Hall–Kier alpha value is -1.61. The molecule has 0 atom stereocenters. The lowest BCUT2D eigenvalue weighted by atomic mass is 10.0. The third kappa shape index (κ3) is 5.79. The molecule has 2 aromatic rings. The molecule has 0 bridgehead atoms. The summed E-state index contributed by atoms with van der Waals surface area (Å²) in [6, 6.07) is 11.2. The molecular formula is C20H23ClF2O. The first-order valence-electron chi connectivity index (χ1n) is 8.45. The van der Waals surface area contributed by atoms with Crippen molar-refractivity contribution in [3.8, 4) is 16.9 Å². The van der Waals surface area contributed by atoms with Crippen LogP contribution in [0, 0.1) is 11.6 Å². The molecule has 0 aliphatic heterocycles. The van der Waals surface area contributed by atoms with E-state index in [1.807, 2.05) is 6.07 Å². The minimum Gasteiger partial charge on any atom is -0.493 e. The fraction of sp³-hybridized carbons (Fsp3) is 0.400. The van der Waals surface area contributed by atoms with Gasteiger partial charge in [-0.15, -0.1) is 11.6 Å². The molecule has 0 radical (unpaired) electrons. The number of ether oxygens (including phenoxy) is 1. The van der Waals surface area contributed by atoms with E-state index < -0.39 is 11.6 Å². The minimum absolute atomic E-state index is 0.0118. The van der Waals surface area contributed by atoms with E-state index in [1.165, 1.54) is 18.6 Å². The van der Waals surface area contributed by atoms with Crippen LogP contribution in [0.5, 0.6) is 5.75 Å². The highest BCUT2D eigenvalue weighted by Crippen LogP contribution is 2.29. The lowest BCUT2D eigenvalue weighted by Crippen LogP contribution is -2.00. The molecule has 0 heterocycles. The van der Waals surface area contributed by atoms with Gasteiger partial charge in [0.2, 0.25) is 0 Å². The maximum Gasteiger partial charge on any atom is 0.137 e. The van der Waals surface area contributed by atoms with Crippen LogP contribution < -0.4 is 4.74 Å². The Morgan fingerprint density at radius 3 is 2.00 bits per heavy atom. The molecule has 4 heteroatoms. The Bertz CT molecular complexity index is 593. The van der Waals surface area contributed by atoms with E-state index in [2.05, 4.69) is 0 Å². The Kier molecular flexibility index (Phi) is 8.03. The van der Waals surface area contributed by atoms with Crippen LogP contribution >= 0.6 is 11.6 Å². The second-order valence-electron chi connectivity index (χ2n) is 5.79. The first kappa shape index (κ1) is 18.7. The Balaban J connectivity index is 1.83. The fourth-order valence-electron chi connectivity index (χ4n) is 2.61. The second-order valence-corrected chi connectivity index (χ2v) is 6.16. The Labute approximate surface area is 147 Å². The van der Waals surface area contributed by atoms with E-state index in [1.54, 1.807) is 24.3 Å². The van der Waals surface area contributed by atoms with Crippen LogP contribution in [0.25, 0.3) is 11.1 Å². The molecule has 0 fully saturated rings. The molecule has 0 aromatic heterocycles. The zero-order valence-corrected chi connectivity index (χ0v) is 14.5. The average molecular weight is 353 g/mol. The molecule has 24 heavy (non-hydrogen) atoms. The molecule has 0 saturated carbocycles. The van der Waals surface area contributed by atoms with Crippen molar-refractivity contribution in [1.29, 1.82) is 0 Å². The second kappa shape index (κ2) is 10.3. The van der Waals surface area contributed by atoms with Gasteiger partial charge in [0.15, 0.2) is 0 Å². The van der Waals surface area contributed by atoms with Gasteiger partial charge in [-0.05, 0) is 18.4 Å². The van der Waals surface area contributed by atoms with Gasteiger partial charge < -0.3 is 4.74 Å². The quantitative estimate of drug-likeness (QED) is 0.346. The molecule has 0 aliphatic carbocycles. The van der Waals surface area contributed by atoms with Crippen molar-refractivity contribution in [1.82, 2.24) is 0 Å². The summed E-state index contributed by atoms with van der Waals surface area (Å²) in [6.45, 7) is 0.471. The van der Waals surface area contributed by atoms with Crippen molar-refractivity contribution in [3.05, 3.63) is 54.1 Å². The van der Waals surface area contributed by atoms with Gasteiger partial charge in [-0.1, -0.05) is 56.0 Å². The molecule has 0 N–H and O–H groups in total. The predicted octanol–water partition coefficient (Wildman–Crippen LogP) is 6.59. The van der Waals surface area contributed by atoms with Gasteiger partial charge in [-0.2, -0.15) is 0 Å². The molecule has 2 aromatic carbocycles. The van der Waals surface area contributed by atoms with Gasteiger partial charge >= 0.3 is 0 Å². The summed E-state index contributed by atoms with van der Waals surface area (Å²) in [4.78, 5) is 0. The number of unbranched alkanes of at least 4 members (excludes halogenated alkanes) is 5. The maximum absolute atomic E-state index is 14.2. The zero-order chi connectivity index (χ0) is 17.2. The summed E-state index contributed by atoms with van der Waals surface area (Å²) in [5.74, 6) is -0.236. The van der Waals surface area contributed by atoms with E-state index in [0.717, 1.165) is 38.0 Å². The minimum atomic E-state index is -0.600. The lowest BCUT2D eigenvalue weighted by Gasteiger charge is -2.10. The molecule has 0 amide bonds. The number of hydrogen-bond donors (Lipinski definition) is 0. The van der Waals surface area contributed by atoms with Gasteiger partial charge in [0.25, 0.3) is 0 Å². The Morgan fingerprint density at radius 2 is 1.38 bits per heavy atom. The monoisotopic (exact) mass is 352 g/mol. The van der Waals surface area contributed by atoms with Crippen molar-refractivity contribution in [2.75, 3.05) is 12.5 Å². The highest BCUT2D eigenvalue weighted by molar-refractivity contribution is 6.17. The number of rotatable bonds is 10. The van der Waals surface area contributed by atoms with Crippen LogP contribution in [0.4, 0.5) is 8.78 Å². The van der Waals surface area contributed by atoms with Crippen molar-refractivity contribution in [3.63, 3.8) is 0 Å². The average Bonchev–Trinajstić information content (AvgIpc) is 2.58. The zero-order valence-electron chi connectivity index (χ0n) is 13.7. The normalized spacial score (nSPS) is 10.8. The standard InChI is InChI=1S/C20H23ClF2O/c21-12-8-3-1-2-4-9-13-24-17-14-18(22)20(19(23)15-17)16-10-6-5-7-11-16/h5-7,10-11,14-15H,1-4,8-9,12-13H2. The fourth-order valence-corrected chi connectivity index (χ4v) is 2.80. The molecule has 0 saturated heterocycles. The van der Waals surface area contributed by atoms with E-state index in [9.17, 15) is 8.78 Å². The van der Waals surface area contributed by atoms with E-state index in [0.29, 0.717) is 12.2 Å². The number of hydrogen-bond acceptors (Lipinski definition) is 1. The van der Waals surface area contributed by atoms with Crippen LogP contribution in [0.2, 0.25) is 0 Å². The summed E-state index contributed by atoms with van der Waals surface area (Å²) in [7, 11) is 0. The molecule has 2 rings (SSSR count). The van der Waals surface area contributed by atoms with Crippen molar-refractivity contribution in [2.45, 2.75) is 38.5 Å². The van der Waals surface area contributed by atoms with E-state index in [-0.39, 0.29) is 11.3 Å². The van der Waals surface area contributed by atoms with Crippen LogP contribution in [0.3, 0.4) is 0 Å². The van der Waals surface area contributed by atoms with Gasteiger partial charge in [-0.25, -0.2) is 8.78 Å². The summed E-state index contributed by atoms with van der Waals surface area (Å²) in [5, 5.41) is 0. The van der Waals surface area contributed by atoms with Crippen LogP contribution in [0.1, 0.15) is 38.5 Å². The van der Waals surface area contributed by atoms with Gasteiger partial charge in [0.05, 0.1) is 12.2 Å². The topological polar surface area (TPSA) is 9.23 Å². The van der Waals surface area contributed by atoms with Gasteiger partial charge in [-0.3, -0.25) is 0 Å². The molecule has 0 spiro atoms. The third-order valence-corrected chi connectivity index (χ3v) is 4.14. The molecule has 1 nitrogen and oxygen atoms in total. The van der Waals surface area contributed by atoms with Gasteiger partial charge in [0, 0.05) is 18.0 Å². The van der Waals surface area contributed by atoms with Crippen molar-refractivity contribution >= 4 is 11.6 Å². The first-order chi connectivity index (χ1) is 11.7. The van der Waals surface area contributed by atoms with Crippen LogP contribution in [-0.2, 0) is 0 Å². The summed E-state index contributed by atoms with van der Waals surface area (Å²) in [5.41, 5.74) is 0.512. The smallest absolute Gasteiger partial charge is 0.137 e. The largest absolute Gasteiger partial charge is 0.493 e.